The smallest absolute Gasteiger partial charge is 0.410 e. The van der Waals surface area contributed by atoms with Crippen LogP contribution in [0.1, 0.15) is 39.2 Å². The average Bonchev–Trinajstić information content (AvgIpc) is 3.09. The number of carbonyl (C=O) groups excluding carboxylic acids is 1. The van der Waals surface area contributed by atoms with Crippen LogP contribution in [0.5, 0.6) is 0 Å². The molecule has 0 aromatic heterocycles. The van der Waals surface area contributed by atoms with E-state index in [2.05, 4.69) is 0 Å². The van der Waals surface area contributed by atoms with Gasteiger partial charge in [0.15, 0.2) is 0 Å². The number of nitrogen functional groups attached to an aromatic ring is 1. The Hall–Kier alpha value is -1.71. The summed E-state index contributed by atoms with van der Waals surface area (Å²) in [6.45, 7) is 6.37. The van der Waals surface area contributed by atoms with E-state index in [1.165, 1.54) is 0 Å². The van der Waals surface area contributed by atoms with Crippen LogP contribution in [0.3, 0.4) is 0 Å². The van der Waals surface area contributed by atoms with Gasteiger partial charge in [0, 0.05) is 17.3 Å². The van der Waals surface area contributed by atoms with Crippen LogP contribution >= 0.6 is 0 Å². The Labute approximate surface area is 114 Å². The molecular weight excluding hydrogens is 240 g/mol. The van der Waals surface area contributed by atoms with Gasteiger partial charge in [-0.2, -0.15) is 0 Å². The molecule has 4 nitrogen and oxygen atoms in total. The lowest BCUT2D eigenvalue weighted by atomic mass is 10.1. The molecule has 4 heteroatoms. The second-order valence-electron chi connectivity index (χ2n) is 6.07. The zero-order valence-electron chi connectivity index (χ0n) is 11.8. The summed E-state index contributed by atoms with van der Waals surface area (Å²) in [5.74, 6) is 0. The molecule has 0 bridgehead atoms. The molecule has 104 valence electrons. The molecule has 0 spiro atoms. The van der Waals surface area contributed by atoms with Crippen molar-refractivity contribution in [2.45, 2.75) is 51.8 Å². The van der Waals surface area contributed by atoms with E-state index in [4.69, 9.17) is 10.5 Å². The maximum Gasteiger partial charge on any atom is 0.410 e. The van der Waals surface area contributed by atoms with Gasteiger partial charge in [0.25, 0.3) is 0 Å². The van der Waals surface area contributed by atoms with Crippen LogP contribution in [0.2, 0.25) is 0 Å². The van der Waals surface area contributed by atoms with Gasteiger partial charge in [0.2, 0.25) is 0 Å². The molecule has 1 aromatic rings. The third kappa shape index (κ3) is 3.63. The van der Waals surface area contributed by atoms with Crippen molar-refractivity contribution in [3.05, 3.63) is 29.8 Å². The summed E-state index contributed by atoms with van der Waals surface area (Å²) in [6, 6.07) is 7.75. The molecule has 0 unspecified atom stereocenters. The maximum absolute atomic E-state index is 12.2. The Balaban J connectivity index is 1.96. The van der Waals surface area contributed by atoms with Crippen molar-refractivity contribution in [1.82, 2.24) is 4.90 Å². The quantitative estimate of drug-likeness (QED) is 0.851. The van der Waals surface area contributed by atoms with Crippen LogP contribution in [0, 0.1) is 0 Å². The highest BCUT2D eigenvalue weighted by Crippen LogP contribution is 2.33. The number of hydrogen-bond acceptors (Lipinski definition) is 3. The highest BCUT2D eigenvalue weighted by molar-refractivity contribution is 5.69. The van der Waals surface area contributed by atoms with Gasteiger partial charge in [-0.25, -0.2) is 4.79 Å². The molecule has 2 rings (SSSR count). The first kappa shape index (κ1) is 13.7. The topological polar surface area (TPSA) is 55.6 Å². The molecule has 19 heavy (non-hydrogen) atoms. The fourth-order valence-corrected chi connectivity index (χ4v) is 2.20. The third-order valence-electron chi connectivity index (χ3n) is 3.14. The molecule has 1 fully saturated rings. The number of rotatable bonds is 3. The summed E-state index contributed by atoms with van der Waals surface area (Å²) in [5, 5.41) is 0. The van der Waals surface area contributed by atoms with Gasteiger partial charge in [-0.1, -0.05) is 12.1 Å². The van der Waals surface area contributed by atoms with Gasteiger partial charge in [-0.05, 0) is 51.3 Å². The van der Waals surface area contributed by atoms with E-state index in [-0.39, 0.29) is 18.2 Å². The Morgan fingerprint density at radius 3 is 2.63 bits per heavy atom. The van der Waals surface area contributed by atoms with Crippen LogP contribution in [-0.2, 0) is 11.3 Å². The zero-order chi connectivity index (χ0) is 14.0. The van der Waals surface area contributed by atoms with Crippen LogP contribution in [0.15, 0.2) is 24.3 Å². The van der Waals surface area contributed by atoms with Crippen molar-refractivity contribution in [3.8, 4) is 0 Å². The molecule has 1 aromatic carbocycles. The van der Waals surface area contributed by atoms with E-state index in [1.807, 2.05) is 49.9 Å². The summed E-state index contributed by atoms with van der Waals surface area (Å²) in [5.41, 5.74) is 7.10. The Morgan fingerprint density at radius 1 is 1.42 bits per heavy atom. The van der Waals surface area contributed by atoms with Crippen LogP contribution < -0.4 is 5.73 Å². The summed E-state index contributed by atoms with van der Waals surface area (Å²) in [4.78, 5) is 14.0. The van der Waals surface area contributed by atoms with Crippen molar-refractivity contribution in [3.63, 3.8) is 0 Å². The van der Waals surface area contributed by atoms with Crippen LogP contribution in [-0.4, -0.2) is 22.6 Å². The van der Waals surface area contributed by atoms with E-state index in [0.29, 0.717) is 11.7 Å². The number of hydrogen-bond donors (Lipinski definition) is 1. The molecule has 1 aliphatic rings. The lowest BCUT2D eigenvalue weighted by Gasteiger charge is -2.34. The third-order valence-corrected chi connectivity index (χ3v) is 3.14. The minimum Gasteiger partial charge on any atom is -0.445 e. The fourth-order valence-electron chi connectivity index (χ4n) is 2.20. The molecule has 2 N–H and O–H groups in total. The monoisotopic (exact) mass is 262 g/mol. The van der Waals surface area contributed by atoms with Crippen molar-refractivity contribution >= 4 is 11.8 Å². The van der Waals surface area contributed by atoms with Gasteiger partial charge >= 0.3 is 6.09 Å². The fraction of sp³-hybridized carbons (Fsp3) is 0.533. The molecule has 0 saturated heterocycles. The minimum atomic E-state index is -0.238. The molecule has 1 aliphatic carbocycles. The van der Waals surface area contributed by atoms with E-state index in [1.54, 1.807) is 0 Å². The predicted molar refractivity (Wildman–Crippen MR) is 75.7 cm³/mol. The van der Waals surface area contributed by atoms with Crippen molar-refractivity contribution < 1.29 is 9.53 Å². The normalized spacial score (nSPS) is 15.1. The van der Waals surface area contributed by atoms with E-state index < -0.39 is 0 Å². The molecule has 0 heterocycles. The van der Waals surface area contributed by atoms with Crippen molar-refractivity contribution in [2.75, 3.05) is 5.73 Å². The van der Waals surface area contributed by atoms with Crippen LogP contribution in [0.25, 0.3) is 0 Å². The van der Waals surface area contributed by atoms with Gasteiger partial charge in [-0.15, -0.1) is 0 Å². The summed E-state index contributed by atoms with van der Waals surface area (Å²) >= 11 is 0. The highest BCUT2D eigenvalue weighted by atomic mass is 16.6. The average molecular weight is 262 g/mol. The standard InChI is InChI=1S/C15H22N2O2/c1-15(2,3)17(13-7-8-13)14(18)19-10-11-5-4-6-12(16)9-11/h4-6,9,13H,7-8,10,16H2,1-3H3. The second-order valence-corrected chi connectivity index (χ2v) is 6.07. The van der Waals surface area contributed by atoms with Crippen molar-refractivity contribution in [1.29, 1.82) is 0 Å². The van der Waals surface area contributed by atoms with Gasteiger partial charge < -0.3 is 15.4 Å². The zero-order valence-corrected chi connectivity index (χ0v) is 11.8. The second kappa shape index (κ2) is 5.11. The first-order valence-corrected chi connectivity index (χ1v) is 6.68. The summed E-state index contributed by atoms with van der Waals surface area (Å²) in [6.07, 6.45) is 1.91. The molecule has 0 radical (unpaired) electrons. The van der Waals surface area contributed by atoms with E-state index in [0.717, 1.165) is 18.4 Å². The molecule has 0 aliphatic heterocycles. The lowest BCUT2D eigenvalue weighted by Crippen LogP contribution is -2.47. The number of carbonyl (C=O) groups is 1. The van der Waals surface area contributed by atoms with Gasteiger partial charge in [0.1, 0.15) is 6.61 Å². The largest absolute Gasteiger partial charge is 0.445 e. The first-order chi connectivity index (χ1) is 8.88. The molecule has 1 saturated carbocycles. The minimum absolute atomic E-state index is 0.200. The Bertz CT molecular complexity index is 461. The van der Waals surface area contributed by atoms with Crippen LogP contribution in [0.4, 0.5) is 10.5 Å². The first-order valence-electron chi connectivity index (χ1n) is 6.68. The number of nitrogens with zero attached hydrogens (tertiary/aromatic N) is 1. The summed E-state index contributed by atoms with van der Waals surface area (Å²) in [7, 11) is 0. The summed E-state index contributed by atoms with van der Waals surface area (Å²) < 4.78 is 5.40. The number of anilines is 1. The Kier molecular flexibility index (Phi) is 3.69. The Morgan fingerprint density at radius 2 is 2.11 bits per heavy atom. The van der Waals surface area contributed by atoms with Gasteiger partial charge in [-0.3, -0.25) is 0 Å². The van der Waals surface area contributed by atoms with Crippen molar-refractivity contribution in [2.24, 2.45) is 0 Å². The molecule has 0 atom stereocenters. The van der Waals surface area contributed by atoms with E-state index >= 15 is 0 Å². The number of ether oxygens (including phenoxy) is 1. The SMILES string of the molecule is CC(C)(C)N(C(=O)OCc1cccc(N)c1)C1CC1. The number of amides is 1. The highest BCUT2D eigenvalue weighted by Gasteiger charge is 2.40. The lowest BCUT2D eigenvalue weighted by molar-refractivity contribution is 0.0587. The van der Waals surface area contributed by atoms with Gasteiger partial charge in [0.05, 0.1) is 0 Å². The molecular formula is C15H22N2O2. The maximum atomic E-state index is 12.2. The number of benzene rings is 1. The molecule has 1 amide bonds. The van der Waals surface area contributed by atoms with E-state index in [9.17, 15) is 4.79 Å². The number of nitrogens with two attached hydrogens (primary N) is 1. The predicted octanol–water partition coefficient (Wildman–Crippen LogP) is 3.17.